The fourth-order valence-electron chi connectivity index (χ4n) is 2.84. The Morgan fingerprint density at radius 1 is 1.42 bits per heavy atom. The molecule has 2 nitrogen and oxygen atoms in total. The molecular formula is C10H17NO. The van der Waals surface area contributed by atoms with Gasteiger partial charge in [-0.05, 0) is 18.8 Å². The number of hydrogen-bond donors (Lipinski definition) is 1. The minimum atomic E-state index is 0.0637. The predicted octanol–water partition coefficient (Wildman–Crippen LogP) is 1.70. The first-order valence-corrected chi connectivity index (χ1v) is 4.98. The van der Waals surface area contributed by atoms with Gasteiger partial charge in [-0.3, -0.25) is 4.79 Å². The third-order valence-corrected chi connectivity index (χ3v) is 3.50. The maximum atomic E-state index is 11.5. The van der Waals surface area contributed by atoms with Gasteiger partial charge in [0, 0.05) is 6.04 Å². The molecular weight excluding hydrogens is 150 g/mol. The summed E-state index contributed by atoms with van der Waals surface area (Å²) in [4.78, 5) is 11.5. The van der Waals surface area contributed by atoms with Crippen molar-refractivity contribution in [1.82, 2.24) is 5.32 Å². The number of amides is 1. The largest absolute Gasteiger partial charge is 0.351 e. The first-order valence-electron chi connectivity index (χ1n) is 4.98. The number of carbonyl (C=O) groups excluding carboxylic acids is 1. The Labute approximate surface area is 73.7 Å². The minimum absolute atomic E-state index is 0.0637. The summed E-state index contributed by atoms with van der Waals surface area (Å²) in [5, 5.41) is 3.04. The van der Waals surface area contributed by atoms with Gasteiger partial charge >= 0.3 is 0 Å². The first-order chi connectivity index (χ1) is 5.67. The lowest BCUT2D eigenvalue weighted by Crippen LogP contribution is -2.67. The Morgan fingerprint density at radius 3 is 2.42 bits per heavy atom. The highest BCUT2D eigenvalue weighted by Crippen LogP contribution is 2.48. The third kappa shape index (κ3) is 0.838. The van der Waals surface area contributed by atoms with Crippen molar-refractivity contribution >= 4 is 5.91 Å². The molecule has 0 unspecified atom stereocenters. The van der Waals surface area contributed by atoms with Crippen molar-refractivity contribution in [1.29, 1.82) is 0 Å². The molecule has 2 heteroatoms. The van der Waals surface area contributed by atoms with Gasteiger partial charge in [-0.2, -0.15) is 0 Å². The maximum Gasteiger partial charge on any atom is 0.228 e. The van der Waals surface area contributed by atoms with E-state index in [0.717, 1.165) is 12.8 Å². The van der Waals surface area contributed by atoms with Gasteiger partial charge in [-0.25, -0.2) is 0 Å². The molecule has 2 aliphatic rings. The van der Waals surface area contributed by atoms with Crippen LogP contribution in [0.5, 0.6) is 0 Å². The second kappa shape index (κ2) is 2.48. The molecule has 1 N–H and O–H groups in total. The summed E-state index contributed by atoms with van der Waals surface area (Å²) in [6, 6.07) is 0.465. The summed E-state index contributed by atoms with van der Waals surface area (Å²) < 4.78 is 0. The molecule has 0 aromatic heterocycles. The quantitative estimate of drug-likeness (QED) is 0.592. The van der Waals surface area contributed by atoms with Gasteiger partial charge in [0.25, 0.3) is 0 Å². The van der Waals surface area contributed by atoms with Crippen LogP contribution in [0, 0.1) is 11.3 Å². The summed E-state index contributed by atoms with van der Waals surface area (Å²) >= 11 is 0. The molecule has 0 bridgehead atoms. The highest BCUT2D eigenvalue weighted by atomic mass is 16.2. The van der Waals surface area contributed by atoms with Crippen LogP contribution in [0.1, 0.15) is 39.5 Å². The molecule has 1 saturated heterocycles. The summed E-state index contributed by atoms with van der Waals surface area (Å²) in [5.41, 5.74) is 0.0637. The molecule has 1 aliphatic carbocycles. The first kappa shape index (κ1) is 8.09. The number of β-lactam (4-membered cyclic amide) rings is 1. The van der Waals surface area contributed by atoms with Crippen LogP contribution in [-0.2, 0) is 4.79 Å². The molecule has 12 heavy (non-hydrogen) atoms. The average molecular weight is 167 g/mol. The Hall–Kier alpha value is -0.530. The van der Waals surface area contributed by atoms with Crippen LogP contribution in [0.3, 0.4) is 0 Å². The van der Waals surface area contributed by atoms with Crippen LogP contribution in [-0.4, -0.2) is 11.9 Å². The van der Waals surface area contributed by atoms with Crippen molar-refractivity contribution in [3.8, 4) is 0 Å². The topological polar surface area (TPSA) is 29.1 Å². The van der Waals surface area contributed by atoms with Gasteiger partial charge in [-0.15, -0.1) is 0 Å². The lowest BCUT2D eigenvalue weighted by molar-refractivity contribution is -0.147. The smallest absolute Gasteiger partial charge is 0.228 e. The maximum absolute atomic E-state index is 11.5. The lowest BCUT2D eigenvalue weighted by Gasteiger charge is -2.48. The molecule has 1 spiro atoms. The van der Waals surface area contributed by atoms with Crippen molar-refractivity contribution in [2.75, 3.05) is 0 Å². The molecule has 1 saturated carbocycles. The molecule has 0 radical (unpaired) electrons. The van der Waals surface area contributed by atoms with Gasteiger partial charge in [0.2, 0.25) is 5.91 Å². The van der Waals surface area contributed by atoms with Crippen molar-refractivity contribution in [3.63, 3.8) is 0 Å². The second-order valence-corrected chi connectivity index (χ2v) is 4.56. The van der Waals surface area contributed by atoms with Gasteiger partial charge in [0.1, 0.15) is 0 Å². The van der Waals surface area contributed by atoms with Crippen molar-refractivity contribution in [2.45, 2.75) is 45.6 Å². The van der Waals surface area contributed by atoms with Crippen molar-refractivity contribution in [3.05, 3.63) is 0 Å². The summed E-state index contributed by atoms with van der Waals surface area (Å²) in [5.74, 6) is 0.916. The molecule has 0 aromatic carbocycles. The van der Waals surface area contributed by atoms with Gasteiger partial charge in [0.15, 0.2) is 0 Å². The normalized spacial score (nSPS) is 32.2. The summed E-state index contributed by atoms with van der Waals surface area (Å²) in [7, 11) is 0. The lowest BCUT2D eigenvalue weighted by atomic mass is 9.67. The van der Waals surface area contributed by atoms with E-state index in [9.17, 15) is 4.79 Å². The van der Waals surface area contributed by atoms with Crippen LogP contribution < -0.4 is 5.32 Å². The van der Waals surface area contributed by atoms with E-state index in [-0.39, 0.29) is 5.41 Å². The van der Waals surface area contributed by atoms with E-state index in [1.807, 2.05) is 0 Å². The van der Waals surface area contributed by atoms with E-state index in [1.54, 1.807) is 0 Å². The molecule has 0 aromatic rings. The zero-order chi connectivity index (χ0) is 8.77. The average Bonchev–Trinajstić information content (AvgIpc) is 2.49. The molecule has 1 aliphatic heterocycles. The molecule has 1 heterocycles. The van der Waals surface area contributed by atoms with Crippen LogP contribution in [0.4, 0.5) is 0 Å². The molecule has 1 amide bonds. The van der Waals surface area contributed by atoms with E-state index < -0.39 is 0 Å². The van der Waals surface area contributed by atoms with E-state index >= 15 is 0 Å². The van der Waals surface area contributed by atoms with Gasteiger partial charge in [-0.1, -0.05) is 26.7 Å². The van der Waals surface area contributed by atoms with Crippen LogP contribution in [0.25, 0.3) is 0 Å². The van der Waals surface area contributed by atoms with E-state index in [2.05, 4.69) is 19.2 Å². The fourth-order valence-corrected chi connectivity index (χ4v) is 2.84. The number of nitrogens with one attached hydrogen (secondary N) is 1. The molecule has 1 atom stereocenters. The fraction of sp³-hybridized carbons (Fsp3) is 0.900. The monoisotopic (exact) mass is 167 g/mol. The highest BCUT2D eigenvalue weighted by molar-refractivity contribution is 5.90. The Kier molecular flexibility index (Phi) is 1.67. The predicted molar refractivity (Wildman–Crippen MR) is 47.7 cm³/mol. The van der Waals surface area contributed by atoms with Crippen LogP contribution >= 0.6 is 0 Å². The third-order valence-electron chi connectivity index (χ3n) is 3.50. The Balaban J connectivity index is 2.15. The zero-order valence-electron chi connectivity index (χ0n) is 7.89. The van der Waals surface area contributed by atoms with Gasteiger partial charge in [0.05, 0.1) is 5.41 Å². The Morgan fingerprint density at radius 2 is 2.00 bits per heavy atom. The van der Waals surface area contributed by atoms with Crippen LogP contribution in [0.2, 0.25) is 0 Å². The summed E-state index contributed by atoms with van der Waals surface area (Å²) in [6.45, 7) is 4.40. The highest BCUT2D eigenvalue weighted by Gasteiger charge is 2.56. The van der Waals surface area contributed by atoms with E-state index in [0.29, 0.717) is 17.9 Å². The summed E-state index contributed by atoms with van der Waals surface area (Å²) in [6.07, 6.45) is 4.75. The van der Waals surface area contributed by atoms with Crippen LogP contribution in [0.15, 0.2) is 0 Å². The minimum Gasteiger partial charge on any atom is -0.351 e. The molecule has 2 rings (SSSR count). The molecule has 68 valence electrons. The standard InChI is InChI=1S/C10H17NO/c1-7(2)8-10(9(12)11-8)5-3-4-6-10/h7-8H,3-6H2,1-2H3,(H,11,12)/t8-/m1/s1. The molecule has 2 fully saturated rings. The number of hydrogen-bond acceptors (Lipinski definition) is 1. The second-order valence-electron chi connectivity index (χ2n) is 4.56. The van der Waals surface area contributed by atoms with E-state index in [4.69, 9.17) is 0 Å². The number of carbonyl (C=O) groups is 1. The Bertz CT molecular complexity index is 204. The van der Waals surface area contributed by atoms with Gasteiger partial charge < -0.3 is 5.32 Å². The van der Waals surface area contributed by atoms with Crippen molar-refractivity contribution in [2.24, 2.45) is 11.3 Å². The number of rotatable bonds is 1. The zero-order valence-corrected chi connectivity index (χ0v) is 7.89. The SMILES string of the molecule is CC(C)[C@H]1NC(=O)C12CCCC2. The van der Waals surface area contributed by atoms with Crippen molar-refractivity contribution < 1.29 is 4.79 Å². The van der Waals surface area contributed by atoms with E-state index in [1.165, 1.54) is 12.8 Å².